The molecule has 0 aromatic carbocycles. The molecular formula is C13H23N5OS. The maximum atomic E-state index is 4.94. The zero-order chi connectivity index (χ0) is 14.4. The van der Waals surface area contributed by atoms with E-state index in [2.05, 4.69) is 44.5 Å². The van der Waals surface area contributed by atoms with E-state index in [-0.39, 0.29) is 0 Å². The number of rotatable bonds is 5. The predicted octanol–water partition coefficient (Wildman–Crippen LogP) is 1.72. The number of guanidine groups is 1. The summed E-state index contributed by atoms with van der Waals surface area (Å²) >= 11 is 2.06. The van der Waals surface area contributed by atoms with Gasteiger partial charge in [-0.3, -0.25) is 4.99 Å². The van der Waals surface area contributed by atoms with Gasteiger partial charge in [0, 0.05) is 25.3 Å². The molecule has 0 amide bonds. The van der Waals surface area contributed by atoms with E-state index in [4.69, 9.17) is 4.52 Å². The molecule has 1 aromatic heterocycles. The van der Waals surface area contributed by atoms with Crippen molar-refractivity contribution in [3.8, 4) is 0 Å². The van der Waals surface area contributed by atoms with Crippen LogP contribution in [-0.2, 0) is 6.54 Å². The molecule has 2 N–H and O–H groups in total. The Kier molecular flexibility index (Phi) is 5.70. The lowest BCUT2D eigenvalue weighted by Gasteiger charge is -2.16. The van der Waals surface area contributed by atoms with Gasteiger partial charge in [-0.25, -0.2) is 0 Å². The number of aryl methyl sites for hydroxylation is 1. The van der Waals surface area contributed by atoms with Crippen LogP contribution < -0.4 is 10.6 Å². The van der Waals surface area contributed by atoms with Gasteiger partial charge in [0.2, 0.25) is 5.89 Å². The fourth-order valence-corrected chi connectivity index (χ4v) is 3.56. The maximum Gasteiger partial charge on any atom is 0.223 e. The van der Waals surface area contributed by atoms with Crippen LogP contribution in [0.3, 0.4) is 0 Å². The minimum atomic E-state index is 0.511. The summed E-state index contributed by atoms with van der Waals surface area (Å²) in [5.74, 6) is 3.23. The molecule has 2 rings (SSSR count). The first-order chi connectivity index (χ1) is 9.71. The Hall–Kier alpha value is -1.24. The van der Waals surface area contributed by atoms with Crippen LogP contribution in [-0.4, -0.2) is 40.2 Å². The van der Waals surface area contributed by atoms with E-state index in [1.54, 1.807) is 14.0 Å². The molecule has 1 aliphatic carbocycles. The van der Waals surface area contributed by atoms with Crippen molar-refractivity contribution < 1.29 is 4.52 Å². The van der Waals surface area contributed by atoms with Gasteiger partial charge in [0.05, 0.1) is 6.54 Å². The van der Waals surface area contributed by atoms with Gasteiger partial charge >= 0.3 is 0 Å². The third-order valence-electron chi connectivity index (χ3n) is 3.33. The summed E-state index contributed by atoms with van der Waals surface area (Å²) in [5, 5.41) is 11.3. The first kappa shape index (κ1) is 15.2. The van der Waals surface area contributed by atoms with Crippen LogP contribution >= 0.6 is 11.8 Å². The van der Waals surface area contributed by atoms with E-state index in [0.717, 1.165) is 11.2 Å². The highest BCUT2D eigenvalue weighted by atomic mass is 32.2. The van der Waals surface area contributed by atoms with Gasteiger partial charge < -0.3 is 15.2 Å². The summed E-state index contributed by atoms with van der Waals surface area (Å²) in [4.78, 5) is 8.40. The van der Waals surface area contributed by atoms with E-state index >= 15 is 0 Å². The molecule has 20 heavy (non-hydrogen) atoms. The van der Waals surface area contributed by atoms with Crippen LogP contribution in [0.4, 0.5) is 0 Å². The van der Waals surface area contributed by atoms with Crippen LogP contribution in [0.2, 0.25) is 0 Å². The zero-order valence-electron chi connectivity index (χ0n) is 12.3. The molecule has 6 nitrogen and oxygen atoms in total. The van der Waals surface area contributed by atoms with Crippen LogP contribution in [0.25, 0.3) is 0 Å². The number of aromatic nitrogens is 2. The normalized spacial score (nSPS) is 23.1. The summed E-state index contributed by atoms with van der Waals surface area (Å²) < 4.78 is 4.94. The first-order valence-corrected chi connectivity index (χ1v) is 8.14. The summed E-state index contributed by atoms with van der Waals surface area (Å²) in [5.41, 5.74) is 0. The smallest absolute Gasteiger partial charge is 0.223 e. The summed E-state index contributed by atoms with van der Waals surface area (Å²) in [7, 11) is 1.78. The topological polar surface area (TPSA) is 75.3 Å². The molecule has 1 heterocycles. The second-order valence-corrected chi connectivity index (χ2v) is 6.46. The van der Waals surface area contributed by atoms with Crippen LogP contribution in [0, 0.1) is 6.92 Å². The quantitative estimate of drug-likeness (QED) is 0.636. The zero-order valence-corrected chi connectivity index (χ0v) is 13.2. The first-order valence-electron chi connectivity index (χ1n) is 7.09. The number of hydrogen-bond donors (Lipinski definition) is 2. The van der Waals surface area contributed by atoms with Crippen molar-refractivity contribution in [1.82, 2.24) is 20.8 Å². The molecule has 2 atom stereocenters. The van der Waals surface area contributed by atoms with Crippen molar-refractivity contribution in [3.05, 3.63) is 11.7 Å². The fraction of sp³-hybridized carbons (Fsp3) is 0.769. The Bertz CT molecular complexity index is 448. The van der Waals surface area contributed by atoms with Crippen LogP contribution in [0.15, 0.2) is 9.52 Å². The van der Waals surface area contributed by atoms with E-state index in [0.29, 0.717) is 24.3 Å². The van der Waals surface area contributed by atoms with Gasteiger partial charge in [0.15, 0.2) is 11.8 Å². The Labute approximate surface area is 124 Å². The van der Waals surface area contributed by atoms with Crippen molar-refractivity contribution in [2.75, 3.05) is 12.8 Å². The minimum Gasteiger partial charge on any atom is -0.354 e. The number of hydrogen-bond acceptors (Lipinski definition) is 5. The van der Waals surface area contributed by atoms with Gasteiger partial charge in [-0.15, -0.1) is 0 Å². The Balaban J connectivity index is 1.76. The molecule has 1 aliphatic rings. The Morgan fingerprint density at radius 2 is 2.35 bits per heavy atom. The number of thioether (sulfide) groups is 1. The summed E-state index contributed by atoms with van der Waals surface area (Å²) in [6, 6.07) is 0.511. The lowest BCUT2D eigenvalue weighted by atomic mass is 10.2. The molecule has 0 saturated heterocycles. The third kappa shape index (κ3) is 4.40. The van der Waals surface area contributed by atoms with Crippen molar-refractivity contribution in [2.45, 2.75) is 50.9 Å². The van der Waals surface area contributed by atoms with E-state index in [9.17, 15) is 0 Å². The largest absolute Gasteiger partial charge is 0.354 e. The van der Waals surface area contributed by atoms with Gasteiger partial charge in [0.25, 0.3) is 0 Å². The second kappa shape index (κ2) is 7.52. The van der Waals surface area contributed by atoms with Gasteiger partial charge in [-0.2, -0.15) is 16.7 Å². The average Bonchev–Trinajstić information content (AvgIpc) is 3.04. The van der Waals surface area contributed by atoms with Crippen molar-refractivity contribution in [2.24, 2.45) is 4.99 Å². The highest BCUT2D eigenvalue weighted by Gasteiger charge is 2.25. The number of nitrogens with one attached hydrogen (secondary N) is 2. The predicted molar refractivity (Wildman–Crippen MR) is 81.9 cm³/mol. The lowest BCUT2D eigenvalue weighted by Crippen LogP contribution is -2.42. The molecule has 1 fully saturated rings. The second-order valence-electron chi connectivity index (χ2n) is 4.89. The molecule has 112 valence electrons. The number of nitrogens with zero attached hydrogens (tertiary/aromatic N) is 3. The fourth-order valence-electron chi connectivity index (χ4n) is 2.42. The molecule has 0 bridgehead atoms. The van der Waals surface area contributed by atoms with Crippen LogP contribution in [0.5, 0.6) is 0 Å². The molecule has 1 saturated carbocycles. The minimum absolute atomic E-state index is 0.511. The molecular weight excluding hydrogens is 274 g/mol. The average molecular weight is 297 g/mol. The SMILES string of the molecule is CCSC1CCC(NC(=NC)NCc2noc(C)n2)C1. The highest BCUT2D eigenvalue weighted by molar-refractivity contribution is 7.99. The summed E-state index contributed by atoms with van der Waals surface area (Å²) in [6.45, 7) is 4.53. The lowest BCUT2D eigenvalue weighted by molar-refractivity contribution is 0.386. The van der Waals surface area contributed by atoms with Gasteiger partial charge in [-0.05, 0) is 25.0 Å². The molecule has 2 unspecified atom stereocenters. The Morgan fingerprint density at radius 3 is 3.00 bits per heavy atom. The molecule has 1 aromatic rings. The standard InChI is InChI=1S/C13H23N5OS/c1-4-20-11-6-5-10(7-11)17-13(14-3)15-8-12-16-9(2)19-18-12/h10-11H,4-8H2,1-3H3,(H2,14,15,17). The molecule has 0 aliphatic heterocycles. The van der Waals surface area contributed by atoms with E-state index in [1.807, 2.05) is 0 Å². The molecule has 0 radical (unpaired) electrons. The van der Waals surface area contributed by atoms with Crippen molar-refractivity contribution in [1.29, 1.82) is 0 Å². The monoisotopic (exact) mass is 297 g/mol. The van der Waals surface area contributed by atoms with Gasteiger partial charge in [-0.1, -0.05) is 12.1 Å². The Morgan fingerprint density at radius 1 is 1.50 bits per heavy atom. The van der Waals surface area contributed by atoms with E-state index < -0.39 is 0 Å². The van der Waals surface area contributed by atoms with Gasteiger partial charge in [0.1, 0.15) is 0 Å². The highest BCUT2D eigenvalue weighted by Crippen LogP contribution is 2.29. The maximum absolute atomic E-state index is 4.94. The third-order valence-corrected chi connectivity index (χ3v) is 4.57. The molecule has 7 heteroatoms. The molecule has 0 spiro atoms. The summed E-state index contributed by atoms with van der Waals surface area (Å²) in [6.07, 6.45) is 3.71. The van der Waals surface area contributed by atoms with Crippen molar-refractivity contribution >= 4 is 17.7 Å². The van der Waals surface area contributed by atoms with E-state index in [1.165, 1.54) is 25.0 Å². The van der Waals surface area contributed by atoms with Crippen LogP contribution in [0.1, 0.15) is 37.9 Å². The number of aliphatic imine (C=N–C) groups is 1. The van der Waals surface area contributed by atoms with Crippen molar-refractivity contribution in [3.63, 3.8) is 0 Å².